The number of carbonyl (C=O) groups excluding carboxylic acids is 1. The zero-order chi connectivity index (χ0) is 15.3. The van der Waals surface area contributed by atoms with E-state index in [-0.39, 0.29) is 11.7 Å². The van der Waals surface area contributed by atoms with Crippen molar-refractivity contribution in [2.45, 2.75) is 18.6 Å². The highest BCUT2D eigenvalue weighted by Gasteiger charge is 2.07. The highest BCUT2D eigenvalue weighted by molar-refractivity contribution is 7.88. The van der Waals surface area contributed by atoms with Crippen LogP contribution in [0.1, 0.15) is 17.7 Å². The smallest absolute Gasteiger partial charge is 0.224 e. The van der Waals surface area contributed by atoms with E-state index in [2.05, 4.69) is 5.32 Å². The number of carbonyl (C=O) groups is 1. The molecule has 2 rings (SSSR count). The van der Waals surface area contributed by atoms with Crippen molar-refractivity contribution < 1.29 is 17.6 Å². The third-order valence-corrected chi connectivity index (χ3v) is 3.52. The van der Waals surface area contributed by atoms with E-state index in [1.54, 1.807) is 36.6 Å². The number of nitrogens with two attached hydrogens (primary N) is 1. The molecule has 0 aliphatic carbocycles. The summed E-state index contributed by atoms with van der Waals surface area (Å²) in [7, 11) is -3.54. The zero-order valence-corrected chi connectivity index (χ0v) is 12.1. The Morgan fingerprint density at radius 3 is 2.48 bits per heavy atom. The van der Waals surface area contributed by atoms with Gasteiger partial charge in [0.25, 0.3) is 0 Å². The molecule has 0 saturated heterocycles. The highest BCUT2D eigenvalue weighted by atomic mass is 32.2. The van der Waals surface area contributed by atoms with Gasteiger partial charge in [0, 0.05) is 18.5 Å². The monoisotopic (exact) mass is 308 g/mol. The summed E-state index contributed by atoms with van der Waals surface area (Å²) >= 11 is 0. The number of amides is 1. The fraction of sp³-hybridized carbons (Fsp3) is 0.214. The molecule has 1 aromatic heterocycles. The molecule has 1 aromatic carbocycles. The summed E-state index contributed by atoms with van der Waals surface area (Å²) in [4.78, 5) is 11.8. The summed E-state index contributed by atoms with van der Waals surface area (Å²) < 4.78 is 27.1. The van der Waals surface area contributed by atoms with Gasteiger partial charge in [-0.05, 0) is 29.8 Å². The van der Waals surface area contributed by atoms with Gasteiger partial charge in [0.2, 0.25) is 15.9 Å². The van der Waals surface area contributed by atoms with Crippen molar-refractivity contribution in [1.29, 1.82) is 0 Å². The molecule has 21 heavy (non-hydrogen) atoms. The van der Waals surface area contributed by atoms with E-state index in [1.165, 1.54) is 0 Å². The molecule has 0 spiro atoms. The first-order valence-electron chi connectivity index (χ1n) is 6.34. The number of furan rings is 1. The van der Waals surface area contributed by atoms with E-state index in [0.717, 1.165) is 5.76 Å². The van der Waals surface area contributed by atoms with Gasteiger partial charge in [-0.25, -0.2) is 13.6 Å². The SMILES string of the molecule is NS(=O)(=O)Cc1ccc(NC(=O)CCc2ccco2)cc1. The predicted octanol–water partition coefficient (Wildman–Crippen LogP) is 1.64. The molecule has 112 valence electrons. The Morgan fingerprint density at radius 1 is 1.19 bits per heavy atom. The van der Waals surface area contributed by atoms with Gasteiger partial charge in [-0.3, -0.25) is 4.79 Å². The summed E-state index contributed by atoms with van der Waals surface area (Å²) in [6, 6.07) is 10.1. The van der Waals surface area contributed by atoms with Gasteiger partial charge in [0.15, 0.2) is 0 Å². The van der Waals surface area contributed by atoms with Crippen molar-refractivity contribution in [3.05, 3.63) is 54.0 Å². The Balaban J connectivity index is 1.86. The van der Waals surface area contributed by atoms with Gasteiger partial charge in [0.05, 0.1) is 12.0 Å². The number of benzene rings is 1. The molecular weight excluding hydrogens is 292 g/mol. The lowest BCUT2D eigenvalue weighted by molar-refractivity contribution is -0.116. The maximum Gasteiger partial charge on any atom is 0.224 e. The minimum atomic E-state index is -3.54. The number of nitrogens with one attached hydrogen (secondary N) is 1. The summed E-state index contributed by atoms with van der Waals surface area (Å²) in [5.41, 5.74) is 1.18. The average Bonchev–Trinajstić information content (AvgIpc) is 2.90. The summed E-state index contributed by atoms with van der Waals surface area (Å²) in [5, 5.41) is 7.70. The molecule has 0 unspecified atom stereocenters. The molecule has 2 aromatic rings. The van der Waals surface area contributed by atoms with Crippen LogP contribution in [0.5, 0.6) is 0 Å². The van der Waals surface area contributed by atoms with Crippen molar-refractivity contribution in [2.75, 3.05) is 5.32 Å². The second-order valence-electron chi connectivity index (χ2n) is 4.63. The van der Waals surface area contributed by atoms with E-state index in [9.17, 15) is 13.2 Å². The quantitative estimate of drug-likeness (QED) is 0.846. The molecule has 0 radical (unpaired) electrons. The molecule has 1 amide bonds. The van der Waals surface area contributed by atoms with Crippen LogP contribution in [0.15, 0.2) is 47.1 Å². The fourth-order valence-corrected chi connectivity index (χ4v) is 2.49. The molecule has 3 N–H and O–H groups in total. The Bertz CT molecular complexity index is 691. The van der Waals surface area contributed by atoms with Crippen molar-refractivity contribution >= 4 is 21.6 Å². The standard InChI is InChI=1S/C14H16N2O4S/c15-21(18,19)10-11-3-5-12(6-4-11)16-14(17)8-7-13-2-1-9-20-13/h1-6,9H,7-8,10H2,(H,16,17)(H2,15,18,19). The first-order valence-corrected chi connectivity index (χ1v) is 8.05. The molecule has 0 aliphatic heterocycles. The molecule has 7 heteroatoms. The molecule has 0 fully saturated rings. The zero-order valence-electron chi connectivity index (χ0n) is 11.3. The molecule has 0 saturated carbocycles. The molecular formula is C14H16N2O4S. The number of primary sulfonamides is 1. The van der Waals surface area contributed by atoms with E-state index in [4.69, 9.17) is 9.56 Å². The topological polar surface area (TPSA) is 102 Å². The van der Waals surface area contributed by atoms with Gasteiger partial charge in [-0.2, -0.15) is 0 Å². The van der Waals surface area contributed by atoms with Crippen LogP contribution in [0, 0.1) is 0 Å². The van der Waals surface area contributed by atoms with Gasteiger partial charge in [0.1, 0.15) is 5.76 Å². The minimum Gasteiger partial charge on any atom is -0.469 e. The maximum absolute atomic E-state index is 11.8. The summed E-state index contributed by atoms with van der Waals surface area (Å²) in [6.45, 7) is 0. The first kappa shape index (κ1) is 15.3. The van der Waals surface area contributed by atoms with Crippen molar-refractivity contribution in [3.8, 4) is 0 Å². The van der Waals surface area contributed by atoms with E-state index < -0.39 is 10.0 Å². The van der Waals surface area contributed by atoms with Crippen LogP contribution in [0.4, 0.5) is 5.69 Å². The normalized spacial score (nSPS) is 11.3. The van der Waals surface area contributed by atoms with Gasteiger partial charge < -0.3 is 9.73 Å². The van der Waals surface area contributed by atoms with Gasteiger partial charge >= 0.3 is 0 Å². The second-order valence-corrected chi connectivity index (χ2v) is 6.25. The second kappa shape index (κ2) is 6.55. The van der Waals surface area contributed by atoms with Gasteiger partial charge in [-0.15, -0.1) is 0 Å². The van der Waals surface area contributed by atoms with E-state index in [1.807, 2.05) is 6.07 Å². The minimum absolute atomic E-state index is 0.134. The molecule has 0 atom stereocenters. The average molecular weight is 308 g/mol. The van der Waals surface area contributed by atoms with Crippen LogP contribution in [-0.4, -0.2) is 14.3 Å². The van der Waals surface area contributed by atoms with E-state index >= 15 is 0 Å². The lowest BCUT2D eigenvalue weighted by atomic mass is 10.2. The highest BCUT2D eigenvalue weighted by Crippen LogP contribution is 2.12. The summed E-state index contributed by atoms with van der Waals surface area (Å²) in [5.74, 6) is 0.402. The van der Waals surface area contributed by atoms with E-state index in [0.29, 0.717) is 24.1 Å². The Morgan fingerprint density at radius 2 is 1.90 bits per heavy atom. The number of hydrogen-bond acceptors (Lipinski definition) is 4. The Kier molecular flexibility index (Phi) is 4.77. The third-order valence-electron chi connectivity index (χ3n) is 2.78. The summed E-state index contributed by atoms with van der Waals surface area (Å²) in [6.07, 6.45) is 2.41. The number of anilines is 1. The molecule has 0 aliphatic rings. The molecule has 1 heterocycles. The molecule has 6 nitrogen and oxygen atoms in total. The van der Waals surface area contributed by atoms with Crippen molar-refractivity contribution in [1.82, 2.24) is 0 Å². The first-order chi connectivity index (χ1) is 9.92. The fourth-order valence-electron chi connectivity index (χ4n) is 1.83. The lowest BCUT2D eigenvalue weighted by Crippen LogP contribution is -2.15. The number of hydrogen-bond donors (Lipinski definition) is 2. The number of aryl methyl sites for hydroxylation is 1. The Labute approximate surface area is 123 Å². The largest absolute Gasteiger partial charge is 0.469 e. The molecule has 0 bridgehead atoms. The van der Waals surface area contributed by atoms with Crippen LogP contribution in [0.3, 0.4) is 0 Å². The Hall–Kier alpha value is -2.12. The van der Waals surface area contributed by atoms with Crippen LogP contribution < -0.4 is 10.5 Å². The van der Waals surface area contributed by atoms with Crippen LogP contribution >= 0.6 is 0 Å². The van der Waals surface area contributed by atoms with Crippen molar-refractivity contribution in [3.63, 3.8) is 0 Å². The lowest BCUT2D eigenvalue weighted by Gasteiger charge is -2.06. The third kappa shape index (κ3) is 5.41. The van der Waals surface area contributed by atoms with Crippen LogP contribution in [0.2, 0.25) is 0 Å². The van der Waals surface area contributed by atoms with Crippen LogP contribution in [0.25, 0.3) is 0 Å². The predicted molar refractivity (Wildman–Crippen MR) is 78.9 cm³/mol. The number of rotatable bonds is 6. The maximum atomic E-state index is 11.8. The number of sulfonamides is 1. The van der Waals surface area contributed by atoms with Gasteiger partial charge in [-0.1, -0.05) is 12.1 Å². The van der Waals surface area contributed by atoms with Crippen molar-refractivity contribution in [2.24, 2.45) is 5.14 Å². The van der Waals surface area contributed by atoms with Crippen LogP contribution in [-0.2, 0) is 27.0 Å².